The maximum Gasteiger partial charge on any atom is 0.433 e. The van der Waals surface area contributed by atoms with Crippen LogP contribution in [0.2, 0.25) is 0 Å². The number of alkyl halides is 3. The molecule has 0 saturated heterocycles. The quantitative estimate of drug-likeness (QED) is 0.646. The van der Waals surface area contributed by atoms with Crippen LogP contribution in [-0.4, -0.2) is 9.38 Å². The summed E-state index contributed by atoms with van der Waals surface area (Å²) in [5.74, 6) is 0. The van der Waals surface area contributed by atoms with Crippen LogP contribution in [0.5, 0.6) is 0 Å². The first kappa shape index (κ1) is 12.7. The number of aromatic nitrogens is 2. The predicted molar refractivity (Wildman–Crippen MR) is 70.4 cm³/mol. The second kappa shape index (κ2) is 4.37. The maximum atomic E-state index is 13.3. The molecule has 0 radical (unpaired) electrons. The van der Waals surface area contributed by atoms with Gasteiger partial charge in [0.25, 0.3) is 0 Å². The van der Waals surface area contributed by atoms with E-state index < -0.39 is 11.9 Å². The number of hydrogen-bond donors (Lipinski definition) is 0. The fourth-order valence-electron chi connectivity index (χ4n) is 2.21. The summed E-state index contributed by atoms with van der Waals surface area (Å²) in [7, 11) is 0. The van der Waals surface area contributed by atoms with E-state index in [1.807, 2.05) is 6.92 Å². The van der Waals surface area contributed by atoms with Crippen LogP contribution in [0.25, 0.3) is 16.9 Å². The van der Waals surface area contributed by atoms with Crippen molar-refractivity contribution in [1.82, 2.24) is 9.38 Å². The van der Waals surface area contributed by atoms with Crippen LogP contribution in [0.3, 0.4) is 0 Å². The molecular weight excluding hydrogens is 265 g/mol. The van der Waals surface area contributed by atoms with Crippen molar-refractivity contribution in [2.75, 3.05) is 0 Å². The molecule has 102 valence electrons. The van der Waals surface area contributed by atoms with Gasteiger partial charge in [0.15, 0.2) is 5.69 Å². The molecule has 0 amide bonds. The third kappa shape index (κ3) is 2.05. The van der Waals surface area contributed by atoms with Gasteiger partial charge >= 0.3 is 6.18 Å². The van der Waals surface area contributed by atoms with Gasteiger partial charge in [0.1, 0.15) is 11.3 Å². The largest absolute Gasteiger partial charge is 0.433 e. The van der Waals surface area contributed by atoms with Gasteiger partial charge in [-0.1, -0.05) is 30.3 Å². The molecule has 20 heavy (non-hydrogen) atoms. The van der Waals surface area contributed by atoms with E-state index in [-0.39, 0.29) is 5.69 Å². The van der Waals surface area contributed by atoms with Crippen LogP contribution in [0, 0.1) is 6.92 Å². The third-order valence-electron chi connectivity index (χ3n) is 3.10. The molecule has 0 aliphatic carbocycles. The summed E-state index contributed by atoms with van der Waals surface area (Å²) < 4.78 is 41.1. The van der Waals surface area contributed by atoms with E-state index in [0.717, 1.165) is 9.96 Å². The van der Waals surface area contributed by atoms with Gasteiger partial charge in [-0.2, -0.15) is 13.2 Å². The van der Waals surface area contributed by atoms with E-state index in [1.165, 1.54) is 6.20 Å². The lowest BCUT2D eigenvalue weighted by Crippen LogP contribution is -2.10. The number of benzene rings is 1. The highest BCUT2D eigenvalue weighted by Gasteiger charge is 2.38. The Morgan fingerprint density at radius 3 is 2.40 bits per heavy atom. The fourth-order valence-corrected chi connectivity index (χ4v) is 2.21. The number of halogens is 3. The summed E-state index contributed by atoms with van der Waals surface area (Å²) in [6.07, 6.45) is -3.05. The minimum atomic E-state index is -4.46. The molecule has 0 aliphatic rings. The molecular formula is C15H11F3N2. The third-order valence-corrected chi connectivity index (χ3v) is 3.10. The normalized spacial score (nSPS) is 12.0. The van der Waals surface area contributed by atoms with Gasteiger partial charge in [-0.25, -0.2) is 4.98 Å². The van der Waals surface area contributed by atoms with Crippen molar-refractivity contribution in [1.29, 1.82) is 0 Å². The highest BCUT2D eigenvalue weighted by atomic mass is 19.4. The number of hydrogen-bond acceptors (Lipinski definition) is 1. The monoisotopic (exact) mass is 276 g/mol. The van der Waals surface area contributed by atoms with E-state index in [2.05, 4.69) is 4.98 Å². The van der Waals surface area contributed by atoms with Gasteiger partial charge in [0, 0.05) is 11.8 Å². The summed E-state index contributed by atoms with van der Waals surface area (Å²) >= 11 is 0. The highest BCUT2D eigenvalue weighted by molar-refractivity contribution is 5.67. The second-order valence-electron chi connectivity index (χ2n) is 4.61. The lowest BCUT2D eigenvalue weighted by molar-refractivity contribution is -0.141. The Labute approximate surface area is 113 Å². The van der Waals surface area contributed by atoms with Crippen LogP contribution < -0.4 is 0 Å². The summed E-state index contributed by atoms with van der Waals surface area (Å²) in [5.41, 5.74) is 0.857. The van der Waals surface area contributed by atoms with Gasteiger partial charge in [-0.3, -0.25) is 4.40 Å². The number of nitrogens with zero attached hydrogens (tertiary/aromatic N) is 2. The number of rotatable bonds is 1. The van der Waals surface area contributed by atoms with Gasteiger partial charge < -0.3 is 0 Å². The Bertz CT molecular complexity index is 758. The molecule has 0 unspecified atom stereocenters. The molecule has 0 spiro atoms. The van der Waals surface area contributed by atoms with Gasteiger partial charge in [0.2, 0.25) is 0 Å². The minimum Gasteiger partial charge on any atom is -0.295 e. The lowest BCUT2D eigenvalue weighted by Gasteiger charge is -2.09. The lowest BCUT2D eigenvalue weighted by atomic mass is 10.1. The molecule has 0 fully saturated rings. The van der Waals surface area contributed by atoms with Crippen LogP contribution in [-0.2, 0) is 6.18 Å². The van der Waals surface area contributed by atoms with Gasteiger partial charge in [-0.05, 0) is 24.6 Å². The van der Waals surface area contributed by atoms with Crippen LogP contribution in [0.4, 0.5) is 13.2 Å². The van der Waals surface area contributed by atoms with E-state index in [0.29, 0.717) is 11.2 Å². The standard InChI is InChI=1S/C15H11F3N2/c1-10-7-8-20-12(9-10)19-13(14(20)15(16,17)18)11-5-3-2-4-6-11/h2-9H,1H3. The molecule has 0 N–H and O–H groups in total. The Kier molecular flexibility index (Phi) is 2.78. The first-order valence-electron chi connectivity index (χ1n) is 6.08. The first-order valence-corrected chi connectivity index (χ1v) is 6.08. The predicted octanol–water partition coefficient (Wildman–Crippen LogP) is 4.33. The van der Waals surface area contributed by atoms with E-state index in [4.69, 9.17) is 0 Å². The zero-order valence-corrected chi connectivity index (χ0v) is 10.6. The molecule has 1 aromatic carbocycles. The number of imidazole rings is 1. The number of pyridine rings is 1. The van der Waals surface area contributed by atoms with E-state index >= 15 is 0 Å². The van der Waals surface area contributed by atoms with Crippen LogP contribution in [0.1, 0.15) is 11.3 Å². The first-order chi connectivity index (χ1) is 9.47. The summed E-state index contributed by atoms with van der Waals surface area (Å²) in [6, 6.07) is 11.7. The zero-order chi connectivity index (χ0) is 14.3. The number of fused-ring (bicyclic) bond motifs is 1. The molecule has 3 aromatic rings. The van der Waals surface area contributed by atoms with Gasteiger partial charge in [0.05, 0.1) is 0 Å². The van der Waals surface area contributed by atoms with E-state index in [9.17, 15) is 13.2 Å². The summed E-state index contributed by atoms with van der Waals surface area (Å²) in [6.45, 7) is 1.82. The zero-order valence-electron chi connectivity index (χ0n) is 10.6. The smallest absolute Gasteiger partial charge is 0.295 e. The van der Waals surface area contributed by atoms with E-state index in [1.54, 1.807) is 42.5 Å². The molecule has 2 aromatic heterocycles. The highest BCUT2D eigenvalue weighted by Crippen LogP contribution is 2.37. The van der Waals surface area contributed by atoms with Crippen molar-refractivity contribution < 1.29 is 13.2 Å². The van der Waals surface area contributed by atoms with Gasteiger partial charge in [-0.15, -0.1) is 0 Å². The van der Waals surface area contributed by atoms with Crippen molar-refractivity contribution in [3.63, 3.8) is 0 Å². The Morgan fingerprint density at radius 1 is 1.05 bits per heavy atom. The Hall–Kier alpha value is -2.30. The molecule has 0 atom stereocenters. The Balaban J connectivity index is 2.36. The molecule has 0 saturated carbocycles. The average Bonchev–Trinajstić information content (AvgIpc) is 2.78. The average molecular weight is 276 g/mol. The Morgan fingerprint density at radius 2 is 1.75 bits per heavy atom. The van der Waals surface area contributed by atoms with Crippen molar-refractivity contribution in [2.45, 2.75) is 13.1 Å². The molecule has 0 bridgehead atoms. The van der Waals surface area contributed by atoms with Crippen molar-refractivity contribution in [3.8, 4) is 11.3 Å². The molecule has 0 aliphatic heterocycles. The fraction of sp³-hybridized carbons (Fsp3) is 0.133. The van der Waals surface area contributed by atoms with Crippen molar-refractivity contribution in [3.05, 3.63) is 59.9 Å². The van der Waals surface area contributed by atoms with Crippen LogP contribution >= 0.6 is 0 Å². The molecule has 5 heteroatoms. The van der Waals surface area contributed by atoms with Crippen molar-refractivity contribution >= 4 is 5.65 Å². The summed E-state index contributed by atoms with van der Waals surface area (Å²) in [5, 5.41) is 0. The second-order valence-corrected chi connectivity index (χ2v) is 4.61. The molecule has 2 heterocycles. The SMILES string of the molecule is Cc1ccn2c(C(F)(F)F)c(-c3ccccc3)nc2c1. The number of aryl methyl sites for hydroxylation is 1. The van der Waals surface area contributed by atoms with Crippen molar-refractivity contribution in [2.24, 2.45) is 0 Å². The summed E-state index contributed by atoms with van der Waals surface area (Å²) in [4.78, 5) is 4.15. The maximum absolute atomic E-state index is 13.3. The topological polar surface area (TPSA) is 17.3 Å². The molecule has 3 rings (SSSR count). The molecule has 2 nitrogen and oxygen atoms in total. The minimum absolute atomic E-state index is 0.0382. The van der Waals surface area contributed by atoms with Crippen LogP contribution in [0.15, 0.2) is 48.7 Å².